The second-order valence-electron chi connectivity index (χ2n) is 5.83. The Kier molecular flexibility index (Phi) is 5.26. The van der Waals surface area contributed by atoms with Crippen LogP contribution in [0.25, 0.3) is 0 Å². The van der Waals surface area contributed by atoms with Gasteiger partial charge in [0.05, 0.1) is 7.11 Å². The first-order valence-electron chi connectivity index (χ1n) is 7.60. The van der Waals surface area contributed by atoms with Gasteiger partial charge in [0.25, 0.3) is 0 Å². The number of rotatable bonds is 5. The van der Waals surface area contributed by atoms with E-state index in [2.05, 4.69) is 36.9 Å². The van der Waals surface area contributed by atoms with Crippen LogP contribution in [-0.2, 0) is 6.54 Å². The zero-order chi connectivity index (χ0) is 13.7. The van der Waals surface area contributed by atoms with E-state index in [9.17, 15) is 0 Å². The Morgan fingerprint density at radius 2 is 1.95 bits per heavy atom. The summed E-state index contributed by atoms with van der Waals surface area (Å²) in [4.78, 5) is 2.63. The highest BCUT2D eigenvalue weighted by Crippen LogP contribution is 2.28. The molecule has 19 heavy (non-hydrogen) atoms. The molecule has 2 rings (SSSR count). The van der Waals surface area contributed by atoms with Gasteiger partial charge >= 0.3 is 0 Å². The van der Waals surface area contributed by atoms with Crippen LogP contribution in [0.15, 0.2) is 24.3 Å². The molecular weight excluding hydrogens is 234 g/mol. The van der Waals surface area contributed by atoms with E-state index >= 15 is 0 Å². The lowest BCUT2D eigenvalue weighted by atomic mass is 9.86. The van der Waals surface area contributed by atoms with Crippen molar-refractivity contribution in [2.24, 2.45) is 5.92 Å². The molecule has 106 valence electrons. The molecule has 0 radical (unpaired) electrons. The van der Waals surface area contributed by atoms with E-state index in [0.29, 0.717) is 0 Å². The van der Waals surface area contributed by atoms with Crippen molar-refractivity contribution in [1.29, 1.82) is 0 Å². The van der Waals surface area contributed by atoms with E-state index in [-0.39, 0.29) is 0 Å². The first-order valence-corrected chi connectivity index (χ1v) is 7.60. The lowest BCUT2D eigenvalue weighted by molar-refractivity contribution is 0.139. The Labute approximate surface area is 117 Å². The summed E-state index contributed by atoms with van der Waals surface area (Å²) in [6, 6.07) is 9.24. The van der Waals surface area contributed by atoms with Gasteiger partial charge in [-0.05, 0) is 55.8 Å². The van der Waals surface area contributed by atoms with Crippen LogP contribution in [-0.4, -0.2) is 24.6 Å². The molecule has 0 N–H and O–H groups in total. The highest BCUT2D eigenvalue weighted by molar-refractivity contribution is 5.28. The molecule has 1 aromatic rings. The monoisotopic (exact) mass is 261 g/mol. The van der Waals surface area contributed by atoms with Gasteiger partial charge in [-0.3, -0.25) is 4.90 Å². The van der Waals surface area contributed by atoms with Crippen molar-refractivity contribution in [3.63, 3.8) is 0 Å². The summed E-state index contributed by atoms with van der Waals surface area (Å²) < 4.78 is 5.31. The average molecular weight is 261 g/mol. The van der Waals surface area contributed by atoms with Gasteiger partial charge in [0, 0.05) is 12.6 Å². The molecular formula is C17H27NO. The molecule has 1 aromatic carbocycles. The molecule has 0 bridgehead atoms. The van der Waals surface area contributed by atoms with Crippen LogP contribution in [0.4, 0.5) is 0 Å². The van der Waals surface area contributed by atoms with E-state index in [1.54, 1.807) is 7.11 Å². The number of hydrogen-bond acceptors (Lipinski definition) is 2. The molecule has 1 aliphatic carbocycles. The number of methoxy groups -OCH3 is 1. The minimum absolute atomic E-state index is 0.771. The van der Waals surface area contributed by atoms with Crippen LogP contribution < -0.4 is 4.74 Å². The molecule has 0 saturated heterocycles. The summed E-state index contributed by atoms with van der Waals surface area (Å²) in [6.45, 7) is 6.84. The Hall–Kier alpha value is -1.02. The van der Waals surface area contributed by atoms with E-state index < -0.39 is 0 Å². The maximum absolute atomic E-state index is 5.31. The van der Waals surface area contributed by atoms with Gasteiger partial charge in [-0.15, -0.1) is 0 Å². The summed E-state index contributed by atoms with van der Waals surface area (Å²) in [5.74, 6) is 1.89. The number of ether oxygens (including phenoxy) is 1. The Balaban J connectivity index is 1.98. The zero-order valence-corrected chi connectivity index (χ0v) is 12.6. The lowest BCUT2D eigenvalue weighted by Gasteiger charge is -2.35. The van der Waals surface area contributed by atoms with Crippen molar-refractivity contribution in [1.82, 2.24) is 4.90 Å². The van der Waals surface area contributed by atoms with Crippen LogP contribution in [0, 0.1) is 5.92 Å². The maximum Gasteiger partial charge on any atom is 0.119 e. The molecule has 0 aromatic heterocycles. The number of nitrogens with zero attached hydrogens (tertiary/aromatic N) is 1. The van der Waals surface area contributed by atoms with E-state index in [1.165, 1.54) is 31.2 Å². The van der Waals surface area contributed by atoms with Crippen molar-refractivity contribution < 1.29 is 4.74 Å². The molecule has 2 heteroatoms. The van der Waals surface area contributed by atoms with Crippen LogP contribution in [0.5, 0.6) is 5.75 Å². The fourth-order valence-electron chi connectivity index (χ4n) is 3.11. The van der Waals surface area contributed by atoms with Crippen molar-refractivity contribution >= 4 is 0 Å². The topological polar surface area (TPSA) is 12.5 Å². The van der Waals surface area contributed by atoms with E-state index in [4.69, 9.17) is 4.74 Å². The largest absolute Gasteiger partial charge is 0.497 e. The SMILES string of the molecule is CCN(Cc1cccc(OC)c1)C1CCC(C)CC1. The second-order valence-corrected chi connectivity index (χ2v) is 5.83. The highest BCUT2D eigenvalue weighted by Gasteiger charge is 2.23. The molecule has 1 aliphatic rings. The summed E-state index contributed by atoms with van der Waals surface area (Å²) in [5.41, 5.74) is 1.36. The van der Waals surface area contributed by atoms with Crippen LogP contribution in [0.1, 0.15) is 45.1 Å². The third-order valence-electron chi connectivity index (χ3n) is 4.43. The molecule has 0 unspecified atom stereocenters. The highest BCUT2D eigenvalue weighted by atomic mass is 16.5. The maximum atomic E-state index is 5.31. The molecule has 0 amide bonds. The molecule has 0 atom stereocenters. The van der Waals surface area contributed by atoms with Crippen LogP contribution in [0.3, 0.4) is 0 Å². The van der Waals surface area contributed by atoms with Gasteiger partial charge in [0.1, 0.15) is 5.75 Å². The lowest BCUT2D eigenvalue weighted by Crippen LogP contribution is -2.37. The average Bonchev–Trinajstić information content (AvgIpc) is 2.46. The summed E-state index contributed by atoms with van der Waals surface area (Å²) in [6.07, 6.45) is 5.50. The van der Waals surface area contributed by atoms with Crippen LogP contribution in [0.2, 0.25) is 0 Å². The van der Waals surface area contributed by atoms with Crippen molar-refractivity contribution in [2.45, 2.75) is 52.1 Å². The number of benzene rings is 1. The molecule has 0 aliphatic heterocycles. The molecule has 0 heterocycles. The van der Waals surface area contributed by atoms with Crippen molar-refractivity contribution in [3.8, 4) is 5.75 Å². The van der Waals surface area contributed by atoms with Gasteiger partial charge in [-0.2, -0.15) is 0 Å². The first kappa shape index (κ1) is 14.4. The third-order valence-corrected chi connectivity index (χ3v) is 4.43. The quantitative estimate of drug-likeness (QED) is 0.791. The fourth-order valence-corrected chi connectivity index (χ4v) is 3.11. The van der Waals surface area contributed by atoms with Gasteiger partial charge < -0.3 is 4.74 Å². The second kappa shape index (κ2) is 6.95. The smallest absolute Gasteiger partial charge is 0.119 e. The van der Waals surface area contributed by atoms with Crippen LogP contribution >= 0.6 is 0 Å². The molecule has 1 saturated carbocycles. The minimum Gasteiger partial charge on any atom is -0.497 e. The minimum atomic E-state index is 0.771. The van der Waals surface area contributed by atoms with Gasteiger partial charge in [-0.1, -0.05) is 26.0 Å². The standard InChI is InChI=1S/C17H27NO/c1-4-18(16-10-8-14(2)9-11-16)13-15-6-5-7-17(12-15)19-3/h5-7,12,14,16H,4,8-11,13H2,1-3H3. The first-order chi connectivity index (χ1) is 9.22. The molecule has 1 fully saturated rings. The van der Waals surface area contributed by atoms with Gasteiger partial charge in [0.2, 0.25) is 0 Å². The van der Waals surface area contributed by atoms with Crippen molar-refractivity contribution in [2.75, 3.05) is 13.7 Å². The third kappa shape index (κ3) is 3.97. The Bertz CT molecular complexity index is 383. The fraction of sp³-hybridized carbons (Fsp3) is 0.647. The van der Waals surface area contributed by atoms with E-state index in [1.807, 2.05) is 6.07 Å². The summed E-state index contributed by atoms with van der Waals surface area (Å²) >= 11 is 0. The Morgan fingerprint density at radius 3 is 2.58 bits per heavy atom. The van der Waals surface area contributed by atoms with Gasteiger partial charge in [0.15, 0.2) is 0 Å². The normalized spacial score (nSPS) is 23.6. The summed E-state index contributed by atoms with van der Waals surface area (Å²) in [7, 11) is 1.74. The van der Waals surface area contributed by atoms with Crippen molar-refractivity contribution in [3.05, 3.63) is 29.8 Å². The summed E-state index contributed by atoms with van der Waals surface area (Å²) in [5, 5.41) is 0. The van der Waals surface area contributed by atoms with Gasteiger partial charge in [-0.25, -0.2) is 0 Å². The Morgan fingerprint density at radius 1 is 1.21 bits per heavy atom. The molecule has 0 spiro atoms. The number of hydrogen-bond donors (Lipinski definition) is 0. The zero-order valence-electron chi connectivity index (χ0n) is 12.6. The molecule has 2 nitrogen and oxygen atoms in total. The predicted molar refractivity (Wildman–Crippen MR) is 80.5 cm³/mol. The van der Waals surface area contributed by atoms with E-state index in [0.717, 1.165) is 30.8 Å². The predicted octanol–water partition coefficient (Wildman–Crippen LogP) is 4.10.